The fraction of sp³-hybridized carbons (Fsp3) is 0.412. The van der Waals surface area contributed by atoms with Gasteiger partial charge in [0.2, 0.25) is 0 Å². The van der Waals surface area contributed by atoms with Gasteiger partial charge in [0, 0.05) is 18.7 Å². The molecule has 1 unspecified atom stereocenters. The lowest BCUT2D eigenvalue weighted by Gasteiger charge is -2.20. The van der Waals surface area contributed by atoms with Gasteiger partial charge in [-0.3, -0.25) is 9.48 Å². The van der Waals surface area contributed by atoms with Gasteiger partial charge in [-0.05, 0) is 36.8 Å². The Bertz CT molecular complexity index is 764. The van der Waals surface area contributed by atoms with Crippen molar-refractivity contribution in [1.29, 1.82) is 0 Å². The summed E-state index contributed by atoms with van der Waals surface area (Å²) >= 11 is 0. The van der Waals surface area contributed by atoms with Crippen LogP contribution in [0, 0.1) is 0 Å². The first kappa shape index (κ1) is 18.3. The molecule has 1 aliphatic heterocycles. The zero-order valence-electron chi connectivity index (χ0n) is 13.9. The molecular formula is C17H19F2N3O4. The van der Waals surface area contributed by atoms with Crippen molar-refractivity contribution in [2.24, 2.45) is 0 Å². The number of carbonyl (C=O) groups excluding carboxylic acids is 1. The second kappa shape index (κ2) is 7.79. The quantitative estimate of drug-likeness (QED) is 0.837. The minimum Gasteiger partial charge on any atom is -0.435 e. The van der Waals surface area contributed by atoms with E-state index in [0.717, 1.165) is 5.69 Å². The van der Waals surface area contributed by atoms with Gasteiger partial charge < -0.3 is 19.8 Å². The van der Waals surface area contributed by atoms with Gasteiger partial charge in [0.15, 0.2) is 0 Å². The van der Waals surface area contributed by atoms with E-state index in [1.54, 1.807) is 15.6 Å². The van der Waals surface area contributed by atoms with Crippen LogP contribution in [-0.4, -0.2) is 50.6 Å². The van der Waals surface area contributed by atoms with Crippen molar-refractivity contribution in [3.8, 4) is 5.75 Å². The zero-order valence-corrected chi connectivity index (χ0v) is 13.9. The van der Waals surface area contributed by atoms with E-state index in [4.69, 9.17) is 5.11 Å². The Balaban J connectivity index is 1.74. The van der Waals surface area contributed by atoms with E-state index in [-0.39, 0.29) is 11.7 Å². The van der Waals surface area contributed by atoms with Crippen LogP contribution < -0.4 is 4.74 Å². The highest BCUT2D eigenvalue weighted by molar-refractivity contribution is 5.94. The highest BCUT2D eigenvalue weighted by Crippen LogP contribution is 2.21. The molecule has 1 amide bonds. The molecule has 140 valence electrons. The molecule has 1 aromatic heterocycles. The molecule has 1 atom stereocenters. The molecule has 2 heterocycles. The number of hydrogen-bond donors (Lipinski definition) is 2. The predicted molar refractivity (Wildman–Crippen MR) is 86.7 cm³/mol. The predicted octanol–water partition coefficient (Wildman–Crippen LogP) is 1.56. The lowest BCUT2D eigenvalue weighted by atomic mass is 10.1. The molecule has 0 saturated heterocycles. The number of aromatic nitrogens is 2. The third-order valence-electron chi connectivity index (χ3n) is 4.16. The molecule has 0 aliphatic carbocycles. The van der Waals surface area contributed by atoms with E-state index in [1.165, 1.54) is 24.3 Å². The van der Waals surface area contributed by atoms with Crippen molar-refractivity contribution >= 4 is 5.91 Å². The molecule has 0 fully saturated rings. The maximum atomic E-state index is 12.7. The van der Waals surface area contributed by atoms with Gasteiger partial charge >= 0.3 is 6.61 Å². The molecule has 0 bridgehead atoms. The Morgan fingerprint density at radius 2 is 2.00 bits per heavy atom. The molecular weight excluding hydrogens is 348 g/mol. The lowest BCUT2D eigenvalue weighted by molar-refractivity contribution is -0.0498. The first-order chi connectivity index (χ1) is 12.5. The number of aliphatic hydroxyl groups is 2. The number of nitrogens with zero attached hydrogens (tertiary/aromatic N) is 3. The number of hydrogen-bond acceptors (Lipinski definition) is 5. The summed E-state index contributed by atoms with van der Waals surface area (Å²) in [6.45, 7) is -1.91. The third kappa shape index (κ3) is 4.00. The molecule has 9 heteroatoms. The zero-order chi connectivity index (χ0) is 18.7. The SMILES string of the molecule is O=C(c1ccc(OC(F)F)cc1)N1CCCn2nc(C(O)CO)cc2C1. The molecule has 2 N–H and O–H groups in total. The van der Waals surface area contributed by atoms with Crippen LogP contribution in [-0.2, 0) is 13.1 Å². The second-order valence-electron chi connectivity index (χ2n) is 5.97. The minimum absolute atomic E-state index is 0.00637. The number of rotatable bonds is 5. The lowest BCUT2D eigenvalue weighted by Crippen LogP contribution is -2.30. The van der Waals surface area contributed by atoms with Crippen LogP contribution in [0.15, 0.2) is 30.3 Å². The third-order valence-corrected chi connectivity index (χ3v) is 4.16. The summed E-state index contributed by atoms with van der Waals surface area (Å²) < 4.78 is 30.4. The maximum absolute atomic E-state index is 12.7. The van der Waals surface area contributed by atoms with Crippen LogP contribution in [0.25, 0.3) is 0 Å². The van der Waals surface area contributed by atoms with E-state index in [0.29, 0.717) is 37.3 Å². The van der Waals surface area contributed by atoms with Gasteiger partial charge in [0.1, 0.15) is 11.9 Å². The van der Waals surface area contributed by atoms with Crippen LogP contribution >= 0.6 is 0 Å². The van der Waals surface area contributed by atoms with Gasteiger partial charge in [-0.25, -0.2) is 0 Å². The number of carbonyl (C=O) groups is 1. The molecule has 26 heavy (non-hydrogen) atoms. The van der Waals surface area contributed by atoms with Crippen LogP contribution in [0.2, 0.25) is 0 Å². The number of halogens is 2. The van der Waals surface area contributed by atoms with Crippen molar-refractivity contribution in [2.75, 3.05) is 13.2 Å². The van der Waals surface area contributed by atoms with Gasteiger partial charge in [-0.1, -0.05) is 0 Å². The van der Waals surface area contributed by atoms with E-state index in [9.17, 15) is 18.7 Å². The average molecular weight is 367 g/mol. The fourth-order valence-electron chi connectivity index (χ4n) is 2.88. The smallest absolute Gasteiger partial charge is 0.387 e. The van der Waals surface area contributed by atoms with Crippen LogP contribution in [0.5, 0.6) is 5.75 Å². The van der Waals surface area contributed by atoms with Crippen LogP contribution in [0.4, 0.5) is 8.78 Å². The Hall–Kier alpha value is -2.52. The van der Waals surface area contributed by atoms with Gasteiger partial charge in [-0.2, -0.15) is 13.9 Å². The standard InChI is InChI=1S/C17H19F2N3O4/c18-17(19)26-13-4-2-11(3-5-13)16(25)21-6-1-7-22-12(9-21)8-14(20-22)15(24)10-23/h2-5,8,15,17,23-24H,1,6-7,9-10H2. The second-order valence-corrected chi connectivity index (χ2v) is 5.97. The highest BCUT2D eigenvalue weighted by Gasteiger charge is 2.23. The number of aryl methyl sites for hydroxylation is 1. The average Bonchev–Trinajstić information content (AvgIpc) is 2.92. The van der Waals surface area contributed by atoms with Crippen molar-refractivity contribution < 1.29 is 28.5 Å². The monoisotopic (exact) mass is 367 g/mol. The minimum atomic E-state index is -2.91. The number of amides is 1. The van der Waals surface area contributed by atoms with Crippen molar-refractivity contribution in [1.82, 2.24) is 14.7 Å². The Kier molecular flexibility index (Phi) is 5.48. The Labute approximate surface area is 148 Å². The maximum Gasteiger partial charge on any atom is 0.387 e. The molecule has 1 aromatic carbocycles. The van der Waals surface area contributed by atoms with E-state index < -0.39 is 19.3 Å². The molecule has 7 nitrogen and oxygen atoms in total. The largest absolute Gasteiger partial charge is 0.435 e. The summed E-state index contributed by atoms with van der Waals surface area (Å²) in [5, 5.41) is 23.0. The van der Waals surface area contributed by atoms with E-state index >= 15 is 0 Å². The number of aliphatic hydroxyl groups excluding tert-OH is 2. The normalized spacial score (nSPS) is 15.5. The molecule has 0 saturated carbocycles. The topological polar surface area (TPSA) is 87.8 Å². The number of alkyl halides is 2. The summed E-state index contributed by atoms with van der Waals surface area (Å²) in [6.07, 6.45) is -0.372. The van der Waals surface area contributed by atoms with E-state index in [1.807, 2.05) is 0 Å². The number of benzene rings is 1. The molecule has 1 aliphatic rings. The summed E-state index contributed by atoms with van der Waals surface area (Å²) in [4.78, 5) is 14.3. The first-order valence-corrected chi connectivity index (χ1v) is 8.17. The number of fused-ring (bicyclic) bond motifs is 1. The molecule has 3 rings (SSSR count). The van der Waals surface area contributed by atoms with E-state index in [2.05, 4.69) is 9.84 Å². The van der Waals surface area contributed by atoms with Gasteiger partial charge in [-0.15, -0.1) is 0 Å². The van der Waals surface area contributed by atoms with Crippen molar-refractivity contribution in [2.45, 2.75) is 32.2 Å². The summed E-state index contributed by atoms with van der Waals surface area (Å²) in [5.41, 5.74) is 1.50. The molecule has 0 radical (unpaired) electrons. The summed E-state index contributed by atoms with van der Waals surface area (Å²) in [6, 6.07) is 7.23. The van der Waals surface area contributed by atoms with Crippen LogP contribution in [0.3, 0.4) is 0 Å². The van der Waals surface area contributed by atoms with Crippen LogP contribution in [0.1, 0.15) is 34.3 Å². The van der Waals surface area contributed by atoms with Crippen molar-refractivity contribution in [3.63, 3.8) is 0 Å². The van der Waals surface area contributed by atoms with Crippen molar-refractivity contribution in [3.05, 3.63) is 47.3 Å². The first-order valence-electron chi connectivity index (χ1n) is 8.17. The molecule has 0 spiro atoms. The Morgan fingerprint density at radius 1 is 1.27 bits per heavy atom. The highest BCUT2D eigenvalue weighted by atomic mass is 19.3. The van der Waals surface area contributed by atoms with Gasteiger partial charge in [0.05, 0.1) is 24.5 Å². The number of ether oxygens (including phenoxy) is 1. The molecule has 2 aromatic rings. The summed E-state index contributed by atoms with van der Waals surface area (Å²) in [5.74, 6) is -0.236. The van der Waals surface area contributed by atoms with Gasteiger partial charge in [0.25, 0.3) is 5.91 Å². The summed E-state index contributed by atoms with van der Waals surface area (Å²) in [7, 11) is 0. The Morgan fingerprint density at radius 3 is 2.65 bits per heavy atom. The fourth-order valence-corrected chi connectivity index (χ4v) is 2.88.